The number of nitrogens with zero attached hydrogens (tertiary/aromatic N) is 1. The molecule has 0 saturated carbocycles. The number of hydrogen-bond donors (Lipinski definition) is 1. The van der Waals surface area contributed by atoms with Gasteiger partial charge in [-0.3, -0.25) is 0 Å². The summed E-state index contributed by atoms with van der Waals surface area (Å²) in [6.45, 7) is 11.4. The summed E-state index contributed by atoms with van der Waals surface area (Å²) < 4.78 is 0. The summed E-state index contributed by atoms with van der Waals surface area (Å²) in [6.07, 6.45) is 2.24. The molecule has 2 nitrogen and oxygen atoms in total. The van der Waals surface area contributed by atoms with Crippen molar-refractivity contribution >= 4 is 5.69 Å². The highest BCUT2D eigenvalue weighted by Gasteiger charge is 2.27. The lowest BCUT2D eigenvalue weighted by molar-refractivity contribution is 0.430. The van der Waals surface area contributed by atoms with Crippen LogP contribution in [0.1, 0.15) is 38.8 Å². The highest BCUT2D eigenvalue weighted by Crippen LogP contribution is 2.31. The minimum Gasteiger partial charge on any atom is -0.363 e. The standard InChI is InChI=1S/C16H26N2/c1-5-14-8-7-9-15(6-2)16(14)18-12(3)10-17-11-13(18)4/h7-9,12-13,17H,5-6,10-11H2,1-4H3. The summed E-state index contributed by atoms with van der Waals surface area (Å²) in [5, 5.41) is 3.52. The van der Waals surface area contributed by atoms with Gasteiger partial charge in [-0.1, -0.05) is 32.0 Å². The normalized spacial score (nSPS) is 24.3. The van der Waals surface area contributed by atoms with E-state index in [0.29, 0.717) is 12.1 Å². The summed E-state index contributed by atoms with van der Waals surface area (Å²) in [7, 11) is 0. The molecule has 1 aromatic carbocycles. The molecule has 2 unspecified atom stereocenters. The van der Waals surface area contributed by atoms with Crippen molar-refractivity contribution in [3.8, 4) is 0 Å². The van der Waals surface area contributed by atoms with Crippen LogP contribution in [0.15, 0.2) is 18.2 Å². The quantitative estimate of drug-likeness (QED) is 0.882. The first-order chi connectivity index (χ1) is 8.69. The van der Waals surface area contributed by atoms with E-state index >= 15 is 0 Å². The fourth-order valence-corrected chi connectivity index (χ4v) is 3.12. The smallest absolute Gasteiger partial charge is 0.0436 e. The molecule has 1 aliphatic rings. The molecule has 0 aliphatic carbocycles. The molecule has 0 bridgehead atoms. The molecule has 1 aliphatic heterocycles. The van der Waals surface area contributed by atoms with E-state index in [9.17, 15) is 0 Å². The van der Waals surface area contributed by atoms with Gasteiger partial charge in [-0.05, 0) is 37.8 Å². The molecule has 0 radical (unpaired) electrons. The van der Waals surface area contributed by atoms with Crippen LogP contribution in [0.3, 0.4) is 0 Å². The fourth-order valence-electron chi connectivity index (χ4n) is 3.12. The lowest BCUT2D eigenvalue weighted by Crippen LogP contribution is -2.55. The number of anilines is 1. The number of aryl methyl sites for hydroxylation is 2. The Kier molecular flexibility index (Phi) is 4.28. The van der Waals surface area contributed by atoms with Gasteiger partial charge < -0.3 is 10.2 Å². The third-order valence-electron chi connectivity index (χ3n) is 4.05. The Labute approximate surface area is 111 Å². The van der Waals surface area contributed by atoms with E-state index in [0.717, 1.165) is 25.9 Å². The van der Waals surface area contributed by atoms with Crippen LogP contribution in [-0.4, -0.2) is 25.2 Å². The van der Waals surface area contributed by atoms with Crippen LogP contribution in [0.25, 0.3) is 0 Å². The predicted octanol–water partition coefficient (Wildman–Crippen LogP) is 3.00. The molecule has 1 saturated heterocycles. The van der Waals surface area contributed by atoms with Crippen molar-refractivity contribution in [2.45, 2.75) is 52.6 Å². The van der Waals surface area contributed by atoms with Crippen molar-refractivity contribution in [1.82, 2.24) is 5.32 Å². The van der Waals surface area contributed by atoms with Gasteiger partial charge in [-0.2, -0.15) is 0 Å². The third-order valence-corrected chi connectivity index (χ3v) is 4.05. The topological polar surface area (TPSA) is 15.3 Å². The number of benzene rings is 1. The van der Waals surface area contributed by atoms with Crippen molar-refractivity contribution in [2.24, 2.45) is 0 Å². The van der Waals surface area contributed by atoms with Gasteiger partial charge in [0.15, 0.2) is 0 Å². The molecule has 100 valence electrons. The Hall–Kier alpha value is -1.02. The maximum atomic E-state index is 3.52. The van der Waals surface area contributed by atoms with E-state index in [1.807, 2.05) is 0 Å². The highest BCUT2D eigenvalue weighted by molar-refractivity contribution is 5.61. The number of nitrogens with one attached hydrogen (secondary N) is 1. The average Bonchev–Trinajstić information content (AvgIpc) is 2.38. The summed E-state index contributed by atoms with van der Waals surface area (Å²) in [5.41, 5.74) is 4.49. The molecule has 2 heteroatoms. The molecule has 1 aromatic rings. The second-order valence-electron chi connectivity index (χ2n) is 5.40. The summed E-state index contributed by atoms with van der Waals surface area (Å²) >= 11 is 0. The van der Waals surface area contributed by atoms with Crippen molar-refractivity contribution in [1.29, 1.82) is 0 Å². The molecule has 18 heavy (non-hydrogen) atoms. The minimum atomic E-state index is 0.576. The Morgan fingerprint density at radius 1 is 1.06 bits per heavy atom. The van der Waals surface area contributed by atoms with Crippen molar-refractivity contribution < 1.29 is 0 Å². The molecule has 1 N–H and O–H groups in total. The lowest BCUT2D eigenvalue weighted by atomic mass is 9.98. The van der Waals surface area contributed by atoms with Gasteiger partial charge in [-0.15, -0.1) is 0 Å². The molecule has 1 fully saturated rings. The molecule has 0 aromatic heterocycles. The predicted molar refractivity (Wildman–Crippen MR) is 79.5 cm³/mol. The fraction of sp³-hybridized carbons (Fsp3) is 0.625. The van der Waals surface area contributed by atoms with E-state index in [-0.39, 0.29) is 0 Å². The summed E-state index contributed by atoms with van der Waals surface area (Å²) in [6, 6.07) is 7.93. The zero-order chi connectivity index (χ0) is 13.1. The lowest BCUT2D eigenvalue weighted by Gasteiger charge is -2.43. The van der Waals surface area contributed by atoms with Crippen molar-refractivity contribution in [2.75, 3.05) is 18.0 Å². The number of para-hydroxylation sites is 1. The Morgan fingerprint density at radius 2 is 1.56 bits per heavy atom. The Balaban J connectivity index is 2.46. The third kappa shape index (κ3) is 2.39. The first-order valence-electron chi connectivity index (χ1n) is 7.28. The van der Waals surface area contributed by atoms with Crippen LogP contribution in [0, 0.1) is 0 Å². The van der Waals surface area contributed by atoms with Gasteiger partial charge in [0.25, 0.3) is 0 Å². The van der Waals surface area contributed by atoms with Gasteiger partial charge in [0, 0.05) is 30.9 Å². The van der Waals surface area contributed by atoms with E-state index in [2.05, 4.69) is 56.1 Å². The van der Waals surface area contributed by atoms with Gasteiger partial charge in [0.1, 0.15) is 0 Å². The van der Waals surface area contributed by atoms with Crippen LogP contribution in [0.5, 0.6) is 0 Å². The Bertz CT molecular complexity index is 368. The maximum Gasteiger partial charge on any atom is 0.0436 e. The Morgan fingerprint density at radius 3 is 2.00 bits per heavy atom. The minimum absolute atomic E-state index is 0.576. The first-order valence-corrected chi connectivity index (χ1v) is 7.28. The second-order valence-corrected chi connectivity index (χ2v) is 5.40. The molecule has 0 spiro atoms. The van der Waals surface area contributed by atoms with E-state index in [1.165, 1.54) is 16.8 Å². The van der Waals surface area contributed by atoms with E-state index < -0.39 is 0 Å². The summed E-state index contributed by atoms with van der Waals surface area (Å²) in [5.74, 6) is 0. The van der Waals surface area contributed by atoms with Crippen molar-refractivity contribution in [3.63, 3.8) is 0 Å². The largest absolute Gasteiger partial charge is 0.363 e. The molecule has 1 heterocycles. The van der Waals surface area contributed by atoms with Crippen molar-refractivity contribution in [3.05, 3.63) is 29.3 Å². The molecule has 2 atom stereocenters. The van der Waals surface area contributed by atoms with Gasteiger partial charge in [0.2, 0.25) is 0 Å². The van der Waals surface area contributed by atoms with Crippen LogP contribution < -0.4 is 10.2 Å². The first kappa shape index (κ1) is 13.4. The highest BCUT2D eigenvalue weighted by atomic mass is 15.2. The monoisotopic (exact) mass is 246 g/mol. The number of piperazine rings is 1. The van der Waals surface area contributed by atoms with Crippen LogP contribution in [0.2, 0.25) is 0 Å². The molecule has 0 amide bonds. The van der Waals surface area contributed by atoms with Crippen LogP contribution >= 0.6 is 0 Å². The second kappa shape index (κ2) is 5.75. The van der Waals surface area contributed by atoms with E-state index in [1.54, 1.807) is 0 Å². The van der Waals surface area contributed by atoms with Gasteiger partial charge in [-0.25, -0.2) is 0 Å². The van der Waals surface area contributed by atoms with E-state index in [4.69, 9.17) is 0 Å². The molecular formula is C16H26N2. The zero-order valence-corrected chi connectivity index (χ0v) is 12.2. The number of hydrogen-bond acceptors (Lipinski definition) is 2. The number of rotatable bonds is 3. The molecule has 2 rings (SSSR count). The summed E-state index contributed by atoms with van der Waals surface area (Å²) in [4.78, 5) is 2.63. The average molecular weight is 246 g/mol. The maximum absolute atomic E-state index is 3.52. The zero-order valence-electron chi connectivity index (χ0n) is 12.2. The van der Waals surface area contributed by atoms with Gasteiger partial charge >= 0.3 is 0 Å². The SMILES string of the molecule is CCc1cccc(CC)c1N1C(C)CNCC1C. The van der Waals surface area contributed by atoms with Crippen LogP contribution in [-0.2, 0) is 12.8 Å². The van der Waals surface area contributed by atoms with Crippen LogP contribution in [0.4, 0.5) is 5.69 Å². The van der Waals surface area contributed by atoms with Gasteiger partial charge in [0.05, 0.1) is 0 Å². The molecular weight excluding hydrogens is 220 g/mol.